The molecule has 0 fully saturated rings. The van der Waals surface area contributed by atoms with Crippen LogP contribution >= 0.6 is 0 Å². The molecular weight excluding hydrogens is 260 g/mol. The highest BCUT2D eigenvalue weighted by Gasteiger charge is 2.07. The van der Waals surface area contributed by atoms with Crippen molar-refractivity contribution in [1.82, 2.24) is 9.55 Å². The quantitative estimate of drug-likeness (QED) is 0.859. The number of ether oxygens (including phenoxy) is 1. The lowest BCUT2D eigenvalue weighted by Crippen LogP contribution is -2.33. The molecule has 0 spiro atoms. The van der Waals surface area contributed by atoms with Crippen molar-refractivity contribution >= 4 is 0 Å². The minimum atomic E-state index is -0.699. The summed E-state index contributed by atoms with van der Waals surface area (Å²) in [4.78, 5) is 25.1. The Morgan fingerprint density at radius 3 is 2.50 bits per heavy atom. The molecule has 1 heterocycles. The maximum Gasteiger partial charge on any atom is 0.327 e. The van der Waals surface area contributed by atoms with Gasteiger partial charge in [0, 0.05) is 19.0 Å². The molecule has 0 radical (unpaired) electrons. The number of rotatable bonds is 4. The molecule has 0 bridgehead atoms. The standard InChI is InChI=1S/C14H16N2O4/c1-3-20-10-6-4-9(5-7-10)8-11-12(17)15-14(19)16(2)13(11)18/h4-7,18H,3,8H2,1-2H3,(H,15,17,19)/p-1. The first-order valence-electron chi connectivity index (χ1n) is 6.24. The van der Waals surface area contributed by atoms with E-state index in [2.05, 4.69) is 4.98 Å². The van der Waals surface area contributed by atoms with Crippen LogP contribution in [-0.2, 0) is 13.5 Å². The van der Waals surface area contributed by atoms with E-state index in [1.165, 1.54) is 7.05 Å². The van der Waals surface area contributed by atoms with Crippen LogP contribution in [0.2, 0.25) is 0 Å². The second-order valence-electron chi connectivity index (χ2n) is 4.36. The first-order valence-corrected chi connectivity index (χ1v) is 6.24. The van der Waals surface area contributed by atoms with Gasteiger partial charge in [-0.05, 0) is 30.5 Å². The van der Waals surface area contributed by atoms with E-state index in [1.54, 1.807) is 24.3 Å². The molecule has 106 valence electrons. The topological polar surface area (TPSA) is 87.2 Å². The molecule has 0 aliphatic carbocycles. The van der Waals surface area contributed by atoms with E-state index >= 15 is 0 Å². The molecular formula is C14H15N2O4-. The van der Waals surface area contributed by atoms with Gasteiger partial charge >= 0.3 is 5.69 Å². The van der Waals surface area contributed by atoms with E-state index in [9.17, 15) is 14.7 Å². The van der Waals surface area contributed by atoms with Crippen molar-refractivity contribution in [1.29, 1.82) is 0 Å². The summed E-state index contributed by atoms with van der Waals surface area (Å²) in [5.74, 6) is 0.167. The zero-order valence-corrected chi connectivity index (χ0v) is 11.3. The summed E-state index contributed by atoms with van der Waals surface area (Å²) in [6, 6.07) is 7.13. The number of aromatic nitrogens is 2. The van der Waals surface area contributed by atoms with Gasteiger partial charge in [0.1, 0.15) is 5.75 Å². The Kier molecular flexibility index (Phi) is 3.93. The number of nitrogens with one attached hydrogen (secondary N) is 1. The summed E-state index contributed by atoms with van der Waals surface area (Å²) >= 11 is 0. The van der Waals surface area contributed by atoms with E-state index in [1.807, 2.05) is 6.92 Å². The molecule has 2 rings (SSSR count). The van der Waals surface area contributed by atoms with Gasteiger partial charge in [-0.2, -0.15) is 0 Å². The van der Waals surface area contributed by atoms with Gasteiger partial charge in [0.25, 0.3) is 5.56 Å². The van der Waals surface area contributed by atoms with Crippen LogP contribution in [0.3, 0.4) is 0 Å². The lowest BCUT2D eigenvalue weighted by molar-refractivity contribution is -0.280. The fourth-order valence-corrected chi connectivity index (χ4v) is 1.88. The molecule has 0 aliphatic heterocycles. The molecule has 0 aliphatic rings. The lowest BCUT2D eigenvalue weighted by Gasteiger charge is -2.16. The molecule has 6 heteroatoms. The molecule has 20 heavy (non-hydrogen) atoms. The van der Waals surface area contributed by atoms with Gasteiger partial charge in [-0.25, -0.2) is 4.79 Å². The number of nitrogens with zero attached hydrogens (tertiary/aromatic N) is 1. The Bertz CT molecular complexity index is 713. The number of hydrogen-bond donors (Lipinski definition) is 1. The highest BCUT2D eigenvalue weighted by atomic mass is 16.5. The molecule has 0 saturated carbocycles. The number of H-pyrrole nitrogens is 1. The van der Waals surface area contributed by atoms with Crippen LogP contribution in [0.5, 0.6) is 11.6 Å². The second-order valence-corrected chi connectivity index (χ2v) is 4.36. The Labute approximate surface area is 115 Å². The zero-order valence-electron chi connectivity index (χ0n) is 11.3. The summed E-state index contributed by atoms with van der Waals surface area (Å²) in [6.07, 6.45) is 0.175. The van der Waals surface area contributed by atoms with Crippen molar-refractivity contribution in [2.24, 2.45) is 7.05 Å². The molecule has 0 saturated heterocycles. The van der Waals surface area contributed by atoms with E-state index < -0.39 is 17.1 Å². The highest BCUT2D eigenvalue weighted by Crippen LogP contribution is 2.16. The third-order valence-electron chi connectivity index (χ3n) is 2.98. The third kappa shape index (κ3) is 2.74. The second kappa shape index (κ2) is 5.64. The van der Waals surface area contributed by atoms with Crippen molar-refractivity contribution in [3.63, 3.8) is 0 Å². The van der Waals surface area contributed by atoms with Gasteiger partial charge in [-0.15, -0.1) is 0 Å². The largest absolute Gasteiger partial charge is 0.860 e. The van der Waals surface area contributed by atoms with Crippen molar-refractivity contribution < 1.29 is 9.84 Å². The van der Waals surface area contributed by atoms with Crippen LogP contribution in [0.15, 0.2) is 33.9 Å². The SMILES string of the molecule is CCOc1ccc(Cc2c([O-])n(C)c(=O)[nH]c2=O)cc1. The Morgan fingerprint density at radius 1 is 1.25 bits per heavy atom. The summed E-state index contributed by atoms with van der Waals surface area (Å²) in [5.41, 5.74) is -0.478. The third-order valence-corrected chi connectivity index (χ3v) is 2.98. The molecule has 6 nitrogen and oxygen atoms in total. The lowest BCUT2D eigenvalue weighted by atomic mass is 10.1. The van der Waals surface area contributed by atoms with Crippen LogP contribution < -0.4 is 21.1 Å². The van der Waals surface area contributed by atoms with Gasteiger partial charge in [-0.3, -0.25) is 9.78 Å². The van der Waals surface area contributed by atoms with Crippen molar-refractivity contribution in [2.45, 2.75) is 13.3 Å². The number of hydrogen-bond acceptors (Lipinski definition) is 4. The number of benzene rings is 1. The average molecular weight is 275 g/mol. The Hall–Kier alpha value is -2.50. The fourth-order valence-electron chi connectivity index (χ4n) is 1.88. The predicted molar refractivity (Wildman–Crippen MR) is 72.2 cm³/mol. The Balaban J connectivity index is 2.33. The molecule has 0 amide bonds. The van der Waals surface area contributed by atoms with Crippen LogP contribution in [0.4, 0.5) is 0 Å². The average Bonchev–Trinajstić information content (AvgIpc) is 2.43. The molecule has 0 atom stereocenters. The van der Waals surface area contributed by atoms with Crippen LogP contribution in [0.25, 0.3) is 0 Å². The molecule has 2 aromatic rings. The van der Waals surface area contributed by atoms with Gasteiger partial charge in [-0.1, -0.05) is 12.1 Å². The maximum atomic E-state index is 11.9. The monoisotopic (exact) mass is 275 g/mol. The Morgan fingerprint density at radius 2 is 1.90 bits per heavy atom. The zero-order chi connectivity index (χ0) is 14.7. The van der Waals surface area contributed by atoms with Gasteiger partial charge in [0.05, 0.1) is 6.61 Å². The summed E-state index contributed by atoms with van der Waals surface area (Å²) in [7, 11) is 1.34. The van der Waals surface area contributed by atoms with E-state index in [4.69, 9.17) is 4.74 Å². The summed E-state index contributed by atoms with van der Waals surface area (Å²) in [6.45, 7) is 2.46. The maximum absolute atomic E-state index is 11.9. The van der Waals surface area contributed by atoms with E-state index in [0.717, 1.165) is 15.9 Å². The molecule has 1 N–H and O–H groups in total. The highest BCUT2D eigenvalue weighted by molar-refractivity contribution is 5.33. The molecule has 1 aromatic carbocycles. The van der Waals surface area contributed by atoms with Gasteiger partial charge in [0.15, 0.2) is 0 Å². The van der Waals surface area contributed by atoms with Gasteiger partial charge in [0.2, 0.25) is 0 Å². The summed E-state index contributed by atoms with van der Waals surface area (Å²) in [5, 5.41) is 11.9. The van der Waals surface area contributed by atoms with Gasteiger partial charge < -0.3 is 14.4 Å². The first-order chi connectivity index (χ1) is 9.52. The molecule has 0 unspecified atom stereocenters. The minimum Gasteiger partial charge on any atom is -0.860 e. The normalized spacial score (nSPS) is 10.5. The fraction of sp³-hybridized carbons (Fsp3) is 0.286. The van der Waals surface area contributed by atoms with E-state index in [-0.39, 0.29) is 12.0 Å². The van der Waals surface area contributed by atoms with Crippen LogP contribution in [-0.4, -0.2) is 16.2 Å². The minimum absolute atomic E-state index is 0.0521. The van der Waals surface area contributed by atoms with Crippen molar-refractivity contribution in [2.75, 3.05) is 6.61 Å². The van der Waals surface area contributed by atoms with E-state index in [0.29, 0.717) is 6.61 Å². The van der Waals surface area contributed by atoms with Crippen LogP contribution in [0.1, 0.15) is 18.1 Å². The summed E-state index contributed by atoms with van der Waals surface area (Å²) < 4.78 is 6.21. The smallest absolute Gasteiger partial charge is 0.327 e. The van der Waals surface area contributed by atoms with Crippen molar-refractivity contribution in [3.8, 4) is 11.6 Å². The van der Waals surface area contributed by atoms with Crippen molar-refractivity contribution in [3.05, 3.63) is 56.2 Å². The first kappa shape index (κ1) is 13.9. The predicted octanol–water partition coefficient (Wildman–Crippen LogP) is 0.137. The molecule has 1 aromatic heterocycles. The number of aromatic amines is 1. The van der Waals surface area contributed by atoms with Crippen LogP contribution in [0, 0.1) is 0 Å².